The van der Waals surface area contributed by atoms with Gasteiger partial charge >= 0.3 is 0 Å². The van der Waals surface area contributed by atoms with Gasteiger partial charge in [-0.25, -0.2) is 9.07 Å². The van der Waals surface area contributed by atoms with E-state index in [9.17, 15) is 9.18 Å². The molecule has 2 aliphatic rings. The number of benzene rings is 1. The molecule has 8 heteroatoms. The number of anilines is 1. The molecule has 0 saturated heterocycles. The topological polar surface area (TPSA) is 59.8 Å². The average Bonchev–Trinajstić information content (AvgIpc) is 3.31. The predicted octanol–water partition coefficient (Wildman–Crippen LogP) is 5.10. The van der Waals surface area contributed by atoms with Crippen molar-refractivity contribution in [2.24, 2.45) is 0 Å². The SMILES string of the molecule is Cc1ccsc1C1C2=C(CCCC2=O)Nc2nc(SCc3ccccc3F)nn21. The van der Waals surface area contributed by atoms with Crippen molar-refractivity contribution in [3.05, 3.63) is 68.8 Å². The van der Waals surface area contributed by atoms with E-state index >= 15 is 0 Å². The van der Waals surface area contributed by atoms with Crippen molar-refractivity contribution in [3.8, 4) is 0 Å². The molecule has 29 heavy (non-hydrogen) atoms. The smallest absolute Gasteiger partial charge is 0.227 e. The van der Waals surface area contributed by atoms with E-state index in [0.29, 0.717) is 28.8 Å². The lowest BCUT2D eigenvalue weighted by Crippen LogP contribution is -2.31. The van der Waals surface area contributed by atoms with Gasteiger partial charge in [0.25, 0.3) is 0 Å². The number of thioether (sulfide) groups is 1. The Hall–Kier alpha value is -2.45. The molecule has 0 radical (unpaired) electrons. The van der Waals surface area contributed by atoms with Crippen LogP contribution >= 0.6 is 23.1 Å². The van der Waals surface area contributed by atoms with Crippen LogP contribution in [-0.2, 0) is 10.5 Å². The van der Waals surface area contributed by atoms with Gasteiger partial charge in [-0.1, -0.05) is 30.0 Å². The Morgan fingerprint density at radius 2 is 2.17 bits per heavy atom. The van der Waals surface area contributed by atoms with Gasteiger partial charge in [-0.2, -0.15) is 4.98 Å². The number of nitrogens with one attached hydrogen (secondary N) is 1. The van der Waals surface area contributed by atoms with Gasteiger partial charge in [0.2, 0.25) is 11.1 Å². The van der Waals surface area contributed by atoms with E-state index in [1.54, 1.807) is 23.5 Å². The molecule has 0 fully saturated rings. The molecule has 0 spiro atoms. The monoisotopic (exact) mass is 426 g/mol. The molecule has 5 rings (SSSR count). The number of thiophene rings is 1. The number of ketones is 1. The van der Waals surface area contributed by atoms with E-state index in [1.807, 2.05) is 16.1 Å². The van der Waals surface area contributed by atoms with Gasteiger partial charge in [-0.05, 0) is 48.4 Å². The highest BCUT2D eigenvalue weighted by Gasteiger charge is 2.38. The summed E-state index contributed by atoms with van der Waals surface area (Å²) in [5, 5.41) is 10.7. The molecular formula is C21H19FN4OS2. The van der Waals surface area contributed by atoms with Gasteiger partial charge in [0.1, 0.15) is 11.9 Å². The van der Waals surface area contributed by atoms with Gasteiger partial charge in [0, 0.05) is 28.3 Å². The van der Waals surface area contributed by atoms with E-state index in [0.717, 1.165) is 34.6 Å². The Morgan fingerprint density at radius 3 is 2.97 bits per heavy atom. The molecule has 3 heterocycles. The second-order valence-electron chi connectivity index (χ2n) is 7.21. The summed E-state index contributed by atoms with van der Waals surface area (Å²) in [6.07, 6.45) is 2.26. The number of carbonyl (C=O) groups is 1. The van der Waals surface area contributed by atoms with Gasteiger partial charge < -0.3 is 5.32 Å². The van der Waals surface area contributed by atoms with Crippen LogP contribution in [0.15, 0.2) is 52.1 Å². The third-order valence-corrected chi connectivity index (χ3v) is 7.27. The molecule has 5 nitrogen and oxygen atoms in total. The lowest BCUT2D eigenvalue weighted by Gasteiger charge is -2.31. The number of allylic oxidation sites excluding steroid dienone is 2. The number of hydrogen-bond donors (Lipinski definition) is 1. The minimum absolute atomic E-state index is 0.179. The molecule has 1 aliphatic carbocycles. The molecule has 1 unspecified atom stereocenters. The Labute approximate surface area is 176 Å². The zero-order valence-corrected chi connectivity index (χ0v) is 17.4. The lowest BCUT2D eigenvalue weighted by molar-refractivity contribution is -0.116. The number of fused-ring (bicyclic) bond motifs is 1. The first-order chi connectivity index (χ1) is 14.1. The highest BCUT2D eigenvalue weighted by atomic mass is 32.2. The standard InChI is InChI=1S/C21H19FN4OS2/c1-12-9-10-28-19(12)18-17-15(7-4-8-16(17)27)23-20-24-21(25-26(18)20)29-11-13-5-2-3-6-14(13)22/h2-3,5-6,9-10,18H,4,7-8,11H2,1H3,(H,23,24,25). The van der Waals surface area contributed by atoms with Crippen molar-refractivity contribution in [2.75, 3.05) is 5.32 Å². The summed E-state index contributed by atoms with van der Waals surface area (Å²) in [6, 6.07) is 8.56. The highest BCUT2D eigenvalue weighted by molar-refractivity contribution is 7.98. The number of carbonyl (C=O) groups excluding carboxylic acids is 1. The van der Waals surface area contributed by atoms with Crippen molar-refractivity contribution in [1.29, 1.82) is 0 Å². The fraction of sp³-hybridized carbons (Fsp3) is 0.286. The number of Topliss-reactive ketones (excluding diaryl/α,β-unsaturated/α-hetero) is 1. The Morgan fingerprint density at radius 1 is 1.31 bits per heavy atom. The second-order valence-corrected chi connectivity index (χ2v) is 9.10. The molecule has 3 aromatic rings. The number of aryl methyl sites for hydroxylation is 1. The van der Waals surface area contributed by atoms with Gasteiger partial charge in [-0.15, -0.1) is 16.4 Å². The summed E-state index contributed by atoms with van der Waals surface area (Å²) in [5.74, 6) is 1.05. The Bertz CT molecular complexity index is 1130. The zero-order valence-electron chi connectivity index (χ0n) is 15.8. The molecule has 0 saturated carbocycles. The molecule has 1 atom stereocenters. The summed E-state index contributed by atoms with van der Waals surface area (Å²) in [4.78, 5) is 18.6. The first kappa shape index (κ1) is 18.6. The van der Waals surface area contributed by atoms with E-state index in [4.69, 9.17) is 5.10 Å². The van der Waals surface area contributed by atoms with Crippen molar-refractivity contribution >= 4 is 34.8 Å². The minimum atomic E-state index is -0.246. The number of rotatable bonds is 4. The summed E-state index contributed by atoms with van der Waals surface area (Å²) >= 11 is 3.04. The fourth-order valence-electron chi connectivity index (χ4n) is 3.86. The van der Waals surface area contributed by atoms with E-state index < -0.39 is 0 Å². The molecule has 1 aliphatic heterocycles. The average molecular weight is 427 g/mol. The molecule has 2 aromatic heterocycles. The van der Waals surface area contributed by atoms with Crippen LogP contribution in [0.5, 0.6) is 0 Å². The van der Waals surface area contributed by atoms with Crippen LogP contribution in [0.25, 0.3) is 0 Å². The summed E-state index contributed by atoms with van der Waals surface area (Å²) in [6.45, 7) is 2.06. The van der Waals surface area contributed by atoms with Crippen LogP contribution in [0, 0.1) is 12.7 Å². The number of hydrogen-bond acceptors (Lipinski definition) is 6. The molecule has 1 aromatic carbocycles. The first-order valence-corrected chi connectivity index (χ1v) is 11.4. The van der Waals surface area contributed by atoms with Gasteiger partial charge in [0.05, 0.1) is 0 Å². The third kappa shape index (κ3) is 3.30. The summed E-state index contributed by atoms with van der Waals surface area (Å²) < 4.78 is 15.8. The van der Waals surface area contributed by atoms with Crippen LogP contribution < -0.4 is 5.32 Å². The van der Waals surface area contributed by atoms with Crippen molar-refractivity contribution in [2.45, 2.75) is 43.1 Å². The lowest BCUT2D eigenvalue weighted by atomic mass is 9.87. The maximum Gasteiger partial charge on any atom is 0.227 e. The quantitative estimate of drug-likeness (QED) is 0.588. The predicted molar refractivity (Wildman–Crippen MR) is 113 cm³/mol. The normalized spacial score (nSPS) is 18.4. The van der Waals surface area contributed by atoms with Crippen LogP contribution in [-0.4, -0.2) is 20.5 Å². The van der Waals surface area contributed by atoms with Crippen LogP contribution in [0.1, 0.15) is 41.3 Å². The van der Waals surface area contributed by atoms with Gasteiger partial charge in [-0.3, -0.25) is 4.79 Å². The van der Waals surface area contributed by atoms with Crippen molar-refractivity contribution in [3.63, 3.8) is 0 Å². The molecular weight excluding hydrogens is 407 g/mol. The molecule has 1 N–H and O–H groups in total. The molecule has 0 amide bonds. The summed E-state index contributed by atoms with van der Waals surface area (Å²) in [7, 11) is 0. The van der Waals surface area contributed by atoms with Crippen LogP contribution in [0.2, 0.25) is 0 Å². The third-order valence-electron chi connectivity index (χ3n) is 5.31. The first-order valence-electron chi connectivity index (χ1n) is 9.52. The summed E-state index contributed by atoms with van der Waals surface area (Å²) in [5.41, 5.74) is 3.54. The van der Waals surface area contributed by atoms with Crippen molar-refractivity contribution in [1.82, 2.24) is 14.8 Å². The van der Waals surface area contributed by atoms with Crippen molar-refractivity contribution < 1.29 is 9.18 Å². The van der Waals surface area contributed by atoms with E-state index in [2.05, 4.69) is 23.3 Å². The molecule has 0 bridgehead atoms. The number of nitrogens with zero attached hydrogens (tertiary/aromatic N) is 3. The Kier molecular flexibility index (Phi) is 4.75. The maximum atomic E-state index is 13.9. The fourth-order valence-corrected chi connectivity index (χ4v) is 5.70. The number of halogens is 1. The highest BCUT2D eigenvalue weighted by Crippen LogP contribution is 2.43. The van der Waals surface area contributed by atoms with E-state index in [-0.39, 0.29) is 17.6 Å². The van der Waals surface area contributed by atoms with Crippen LogP contribution in [0.3, 0.4) is 0 Å². The number of aromatic nitrogens is 3. The minimum Gasteiger partial charge on any atom is -0.328 e. The Balaban J connectivity index is 1.51. The van der Waals surface area contributed by atoms with Gasteiger partial charge in [0.15, 0.2) is 5.78 Å². The second kappa shape index (κ2) is 7.42. The maximum absolute atomic E-state index is 13.9. The largest absolute Gasteiger partial charge is 0.328 e. The van der Waals surface area contributed by atoms with E-state index in [1.165, 1.54) is 17.8 Å². The molecule has 148 valence electrons. The zero-order chi connectivity index (χ0) is 20.0. The van der Waals surface area contributed by atoms with Crippen LogP contribution in [0.4, 0.5) is 10.3 Å².